The summed E-state index contributed by atoms with van der Waals surface area (Å²) in [5.74, 6) is -0.851. The molecule has 6 nitrogen and oxygen atoms in total. The summed E-state index contributed by atoms with van der Waals surface area (Å²) in [4.78, 5) is 33.9. The second-order valence-corrected chi connectivity index (χ2v) is 5.74. The second kappa shape index (κ2) is 5.69. The number of benzene rings is 1. The van der Waals surface area contributed by atoms with Crippen molar-refractivity contribution in [1.82, 2.24) is 5.32 Å². The normalized spacial score (nSPS) is 22.5. The molecule has 1 aromatic carbocycles. The van der Waals surface area contributed by atoms with Crippen molar-refractivity contribution in [3.63, 3.8) is 0 Å². The van der Waals surface area contributed by atoms with E-state index in [2.05, 4.69) is 5.32 Å². The highest BCUT2D eigenvalue weighted by molar-refractivity contribution is 8.18. The van der Waals surface area contributed by atoms with Crippen LogP contribution in [-0.2, 0) is 9.53 Å². The lowest BCUT2D eigenvalue weighted by Gasteiger charge is -2.10. The summed E-state index contributed by atoms with van der Waals surface area (Å²) >= 11 is 0.845. The van der Waals surface area contributed by atoms with Crippen molar-refractivity contribution in [3.05, 3.63) is 52.4 Å². The number of amides is 2. The summed E-state index contributed by atoms with van der Waals surface area (Å²) < 4.78 is 5.71. The van der Waals surface area contributed by atoms with Gasteiger partial charge >= 0.3 is 5.97 Å². The van der Waals surface area contributed by atoms with Crippen LogP contribution in [0, 0.1) is 0 Å². The molecular formula is C15H11NO5S. The van der Waals surface area contributed by atoms with Gasteiger partial charge in [-0.15, -0.1) is 0 Å². The molecule has 0 radical (unpaired) electrons. The fourth-order valence-corrected chi connectivity index (χ4v) is 2.89. The summed E-state index contributed by atoms with van der Waals surface area (Å²) in [7, 11) is 0. The Morgan fingerprint density at radius 3 is 2.91 bits per heavy atom. The highest BCUT2D eigenvalue weighted by atomic mass is 32.2. The average molecular weight is 317 g/mol. The lowest BCUT2D eigenvalue weighted by Crippen LogP contribution is -2.18. The van der Waals surface area contributed by atoms with Gasteiger partial charge in [-0.25, -0.2) is 4.79 Å². The average Bonchev–Trinajstić information content (AvgIpc) is 3.06. The fraction of sp³-hybridized carbons (Fsp3) is 0.133. The van der Waals surface area contributed by atoms with Gasteiger partial charge in [0.1, 0.15) is 11.9 Å². The summed E-state index contributed by atoms with van der Waals surface area (Å²) in [5.41, 5.74) is 0.848. The number of hydrogen-bond donors (Lipinski definition) is 2. The predicted molar refractivity (Wildman–Crippen MR) is 80.1 cm³/mol. The molecule has 2 aliphatic rings. The Hall–Kier alpha value is -2.54. The minimum Gasteiger partial charge on any atom is -0.486 e. The Morgan fingerprint density at radius 1 is 1.41 bits per heavy atom. The second-order valence-electron chi connectivity index (χ2n) is 4.72. The van der Waals surface area contributed by atoms with Gasteiger partial charge < -0.3 is 9.84 Å². The van der Waals surface area contributed by atoms with Crippen LogP contribution in [0.5, 0.6) is 0 Å². The Balaban J connectivity index is 1.73. The van der Waals surface area contributed by atoms with E-state index in [1.807, 2.05) is 6.08 Å². The highest BCUT2D eigenvalue weighted by Gasteiger charge is 2.28. The standard InChI is InChI=1S/C15H11NO5S/c17-13-12(22-15(20)16-13)7-10-4-5-11(21-10)8-2-1-3-9(6-8)14(18)19/h1-3,5-7,10H,4H2,(H,18,19)(H,16,17,20)/b12-7-. The molecule has 0 saturated carbocycles. The molecule has 3 rings (SSSR count). The molecule has 2 heterocycles. The molecule has 0 spiro atoms. The predicted octanol–water partition coefficient (Wildman–Crippen LogP) is 2.38. The zero-order chi connectivity index (χ0) is 15.7. The Morgan fingerprint density at radius 2 is 2.23 bits per heavy atom. The van der Waals surface area contributed by atoms with Gasteiger partial charge in [0.25, 0.3) is 11.1 Å². The Bertz CT molecular complexity index is 737. The van der Waals surface area contributed by atoms with Gasteiger partial charge in [0, 0.05) is 12.0 Å². The summed E-state index contributed by atoms with van der Waals surface area (Å²) in [6.07, 6.45) is 3.65. The maximum atomic E-state index is 11.5. The molecule has 2 amide bonds. The zero-order valence-electron chi connectivity index (χ0n) is 11.2. The minimum absolute atomic E-state index is 0.181. The molecule has 7 heteroatoms. The van der Waals surface area contributed by atoms with Crippen LogP contribution in [0.3, 0.4) is 0 Å². The number of ether oxygens (including phenoxy) is 1. The van der Waals surface area contributed by atoms with Crippen molar-refractivity contribution in [2.45, 2.75) is 12.5 Å². The number of carbonyl (C=O) groups excluding carboxylic acids is 2. The Labute approximate surface area is 129 Å². The van der Waals surface area contributed by atoms with E-state index in [9.17, 15) is 14.4 Å². The van der Waals surface area contributed by atoms with Gasteiger partial charge in [0.15, 0.2) is 0 Å². The van der Waals surface area contributed by atoms with Crippen LogP contribution >= 0.6 is 11.8 Å². The van der Waals surface area contributed by atoms with E-state index in [0.717, 1.165) is 11.8 Å². The number of carboxylic acid groups (broad SMARTS) is 1. The topological polar surface area (TPSA) is 92.7 Å². The van der Waals surface area contributed by atoms with Gasteiger partial charge in [-0.2, -0.15) is 0 Å². The van der Waals surface area contributed by atoms with Crippen LogP contribution in [-0.4, -0.2) is 28.3 Å². The molecule has 2 N–H and O–H groups in total. The first-order valence-corrected chi connectivity index (χ1v) is 7.30. The fourth-order valence-electron chi connectivity index (χ4n) is 2.18. The van der Waals surface area contributed by atoms with E-state index in [-0.39, 0.29) is 11.7 Å². The third kappa shape index (κ3) is 2.89. The van der Waals surface area contributed by atoms with Gasteiger partial charge in [-0.3, -0.25) is 14.9 Å². The van der Waals surface area contributed by atoms with Gasteiger partial charge in [-0.1, -0.05) is 12.1 Å². The van der Waals surface area contributed by atoms with Crippen molar-refractivity contribution >= 4 is 34.6 Å². The van der Waals surface area contributed by atoms with Crippen molar-refractivity contribution in [2.75, 3.05) is 0 Å². The van der Waals surface area contributed by atoms with Gasteiger partial charge in [-0.05, 0) is 36.0 Å². The molecule has 2 aliphatic heterocycles. The molecule has 0 aromatic heterocycles. The van der Waals surface area contributed by atoms with E-state index in [1.54, 1.807) is 18.2 Å². The summed E-state index contributed by atoms with van der Waals surface area (Å²) in [5, 5.41) is 10.8. The molecule has 22 heavy (non-hydrogen) atoms. The lowest BCUT2D eigenvalue weighted by molar-refractivity contribution is -0.115. The zero-order valence-corrected chi connectivity index (χ0v) is 12.1. The van der Waals surface area contributed by atoms with Crippen LogP contribution < -0.4 is 5.32 Å². The first kappa shape index (κ1) is 14.4. The first-order valence-electron chi connectivity index (χ1n) is 6.48. The number of rotatable bonds is 3. The molecule has 1 aromatic rings. The minimum atomic E-state index is -1.00. The third-order valence-electron chi connectivity index (χ3n) is 3.19. The quantitative estimate of drug-likeness (QED) is 0.832. The highest BCUT2D eigenvalue weighted by Crippen LogP contribution is 2.31. The third-order valence-corrected chi connectivity index (χ3v) is 4.02. The van der Waals surface area contributed by atoms with Crippen molar-refractivity contribution in [3.8, 4) is 0 Å². The van der Waals surface area contributed by atoms with E-state index in [1.165, 1.54) is 12.1 Å². The molecule has 1 fully saturated rings. The number of nitrogens with one attached hydrogen (secondary N) is 1. The Kier molecular flexibility index (Phi) is 3.72. The molecule has 1 unspecified atom stereocenters. The van der Waals surface area contributed by atoms with Crippen LogP contribution in [0.2, 0.25) is 0 Å². The SMILES string of the molecule is O=C1NC(=O)/C(=C/C2CC=C(c3cccc(C(=O)O)c3)O2)S1. The van der Waals surface area contributed by atoms with Crippen LogP contribution in [0.15, 0.2) is 41.3 Å². The van der Waals surface area contributed by atoms with Crippen molar-refractivity contribution < 1.29 is 24.2 Å². The van der Waals surface area contributed by atoms with Gasteiger partial charge in [0.2, 0.25) is 0 Å². The molecule has 1 atom stereocenters. The lowest BCUT2D eigenvalue weighted by atomic mass is 10.1. The van der Waals surface area contributed by atoms with Crippen molar-refractivity contribution in [1.29, 1.82) is 0 Å². The maximum absolute atomic E-state index is 11.5. The maximum Gasteiger partial charge on any atom is 0.335 e. The van der Waals surface area contributed by atoms with E-state index in [4.69, 9.17) is 9.84 Å². The molecular weight excluding hydrogens is 306 g/mol. The number of thioether (sulfide) groups is 1. The smallest absolute Gasteiger partial charge is 0.335 e. The molecule has 1 saturated heterocycles. The molecule has 0 bridgehead atoms. The summed E-state index contributed by atoms with van der Waals surface area (Å²) in [6, 6.07) is 6.44. The van der Waals surface area contributed by atoms with Crippen LogP contribution in [0.25, 0.3) is 5.76 Å². The monoisotopic (exact) mass is 317 g/mol. The number of imide groups is 1. The van der Waals surface area contributed by atoms with E-state index < -0.39 is 17.1 Å². The number of carbonyl (C=O) groups is 3. The number of hydrogen-bond acceptors (Lipinski definition) is 5. The molecule has 0 aliphatic carbocycles. The van der Waals surface area contributed by atoms with Crippen LogP contribution in [0.4, 0.5) is 4.79 Å². The largest absolute Gasteiger partial charge is 0.486 e. The van der Waals surface area contributed by atoms with E-state index >= 15 is 0 Å². The summed E-state index contributed by atoms with van der Waals surface area (Å²) in [6.45, 7) is 0. The number of aromatic carboxylic acids is 1. The van der Waals surface area contributed by atoms with Crippen molar-refractivity contribution in [2.24, 2.45) is 0 Å². The van der Waals surface area contributed by atoms with Crippen LogP contribution in [0.1, 0.15) is 22.3 Å². The van der Waals surface area contributed by atoms with Gasteiger partial charge in [0.05, 0.1) is 10.5 Å². The first-order chi connectivity index (χ1) is 10.5. The van der Waals surface area contributed by atoms with E-state index in [0.29, 0.717) is 22.6 Å². The number of carboxylic acids is 1. The molecule has 112 valence electrons.